The number of nitrogens with one attached hydrogen (secondary N) is 1. The Hall–Kier alpha value is -1.91. The molecule has 110 valence electrons. The maximum Gasteiger partial charge on any atom is 0.156 e. The summed E-state index contributed by atoms with van der Waals surface area (Å²) in [6.07, 6.45) is 1.38. The summed E-state index contributed by atoms with van der Waals surface area (Å²) in [7, 11) is 0. The molecule has 6 heteroatoms. The zero-order valence-corrected chi connectivity index (χ0v) is 13.0. The Bertz CT molecular complexity index is 715. The second kappa shape index (κ2) is 6.24. The first kappa shape index (κ1) is 15.5. The van der Waals surface area contributed by atoms with E-state index in [1.807, 2.05) is 32.0 Å². The van der Waals surface area contributed by atoms with Gasteiger partial charge in [0, 0.05) is 5.56 Å². The molecule has 0 saturated carbocycles. The molecule has 0 amide bonds. The van der Waals surface area contributed by atoms with Crippen LogP contribution in [0.2, 0.25) is 10.0 Å². The van der Waals surface area contributed by atoms with Gasteiger partial charge in [0.1, 0.15) is 10.8 Å². The summed E-state index contributed by atoms with van der Waals surface area (Å²) in [4.78, 5) is 0. The Morgan fingerprint density at radius 3 is 2.43 bits per heavy atom. The smallest absolute Gasteiger partial charge is 0.156 e. The standard InChI is InChI=1S/C15H14Cl2N2O2/c1-8-3-4-11(5-9(8)2)19-18-7-10-6-12(16)15(21)13(17)14(10)20/h3-7,19-21H,1-2H3. The van der Waals surface area contributed by atoms with E-state index in [1.165, 1.54) is 17.8 Å². The van der Waals surface area contributed by atoms with Crippen molar-refractivity contribution in [3.05, 3.63) is 51.0 Å². The van der Waals surface area contributed by atoms with E-state index in [0.717, 1.165) is 11.3 Å². The van der Waals surface area contributed by atoms with Gasteiger partial charge in [-0.25, -0.2) is 0 Å². The maximum absolute atomic E-state index is 9.81. The Morgan fingerprint density at radius 1 is 1.05 bits per heavy atom. The third-order valence-corrected chi connectivity index (χ3v) is 3.75. The molecule has 0 fully saturated rings. The van der Waals surface area contributed by atoms with Gasteiger partial charge in [0.2, 0.25) is 0 Å². The largest absolute Gasteiger partial charge is 0.506 e. The molecule has 0 saturated heterocycles. The van der Waals surface area contributed by atoms with Crippen molar-refractivity contribution in [1.82, 2.24) is 0 Å². The van der Waals surface area contributed by atoms with Crippen molar-refractivity contribution in [3.8, 4) is 11.5 Å². The van der Waals surface area contributed by atoms with Gasteiger partial charge in [-0.2, -0.15) is 5.10 Å². The van der Waals surface area contributed by atoms with E-state index in [4.69, 9.17) is 23.2 Å². The molecule has 0 aliphatic carbocycles. The van der Waals surface area contributed by atoms with Crippen LogP contribution in [0.4, 0.5) is 5.69 Å². The molecule has 2 aromatic carbocycles. The number of aryl methyl sites for hydroxylation is 2. The number of hydrogen-bond donors (Lipinski definition) is 3. The first-order chi connectivity index (χ1) is 9.90. The van der Waals surface area contributed by atoms with E-state index in [2.05, 4.69) is 10.5 Å². The molecule has 4 nitrogen and oxygen atoms in total. The van der Waals surface area contributed by atoms with Crippen molar-refractivity contribution < 1.29 is 10.2 Å². The molecule has 0 bridgehead atoms. The fourth-order valence-electron chi connectivity index (χ4n) is 1.70. The van der Waals surface area contributed by atoms with Crippen LogP contribution in [-0.2, 0) is 0 Å². The van der Waals surface area contributed by atoms with Gasteiger partial charge in [-0.05, 0) is 43.2 Å². The molecule has 2 rings (SSSR count). The van der Waals surface area contributed by atoms with Crippen molar-refractivity contribution in [2.24, 2.45) is 5.10 Å². The van der Waals surface area contributed by atoms with Crippen LogP contribution in [0.1, 0.15) is 16.7 Å². The van der Waals surface area contributed by atoms with Gasteiger partial charge >= 0.3 is 0 Å². The van der Waals surface area contributed by atoms with Gasteiger partial charge < -0.3 is 10.2 Å². The van der Waals surface area contributed by atoms with E-state index < -0.39 is 0 Å². The minimum Gasteiger partial charge on any atom is -0.506 e. The lowest BCUT2D eigenvalue weighted by molar-refractivity contribution is 0.450. The number of phenolic OH excluding ortho intramolecular Hbond substituents is 2. The molecule has 3 N–H and O–H groups in total. The molecular weight excluding hydrogens is 311 g/mol. The average Bonchev–Trinajstić information content (AvgIpc) is 2.46. The monoisotopic (exact) mass is 324 g/mol. The minimum atomic E-state index is -0.352. The Labute approximate surface area is 132 Å². The summed E-state index contributed by atoms with van der Waals surface area (Å²) in [6, 6.07) is 7.22. The number of anilines is 1. The molecular formula is C15H14Cl2N2O2. The highest BCUT2D eigenvalue weighted by atomic mass is 35.5. The Kier molecular flexibility index (Phi) is 4.60. The third kappa shape index (κ3) is 3.40. The van der Waals surface area contributed by atoms with Crippen molar-refractivity contribution in [2.45, 2.75) is 13.8 Å². The lowest BCUT2D eigenvalue weighted by Gasteiger charge is -2.06. The van der Waals surface area contributed by atoms with Crippen LogP contribution in [0.3, 0.4) is 0 Å². The summed E-state index contributed by atoms with van der Waals surface area (Å²) in [5, 5.41) is 23.2. The van der Waals surface area contributed by atoms with Gasteiger partial charge in [0.15, 0.2) is 5.75 Å². The summed E-state index contributed by atoms with van der Waals surface area (Å²) in [6.45, 7) is 4.04. The maximum atomic E-state index is 9.81. The lowest BCUT2D eigenvalue weighted by Crippen LogP contribution is -1.93. The first-order valence-electron chi connectivity index (χ1n) is 6.16. The molecule has 0 heterocycles. The fraction of sp³-hybridized carbons (Fsp3) is 0.133. The van der Waals surface area contributed by atoms with Crippen LogP contribution in [0.25, 0.3) is 0 Å². The number of halogens is 2. The summed E-state index contributed by atoms with van der Waals surface area (Å²) >= 11 is 11.6. The van der Waals surface area contributed by atoms with Gasteiger partial charge in [0.25, 0.3) is 0 Å². The van der Waals surface area contributed by atoms with E-state index in [1.54, 1.807) is 0 Å². The molecule has 0 spiro atoms. The molecule has 21 heavy (non-hydrogen) atoms. The number of benzene rings is 2. The highest BCUT2D eigenvalue weighted by molar-refractivity contribution is 6.38. The van der Waals surface area contributed by atoms with E-state index >= 15 is 0 Å². The average molecular weight is 325 g/mol. The number of phenols is 2. The normalized spacial score (nSPS) is 11.0. The minimum absolute atomic E-state index is 0.0467. The summed E-state index contributed by atoms with van der Waals surface area (Å²) in [5.74, 6) is -0.626. The second-order valence-corrected chi connectivity index (χ2v) is 5.41. The number of aromatic hydroxyl groups is 2. The number of hydrazone groups is 1. The number of rotatable bonds is 3. The molecule has 0 aliphatic heterocycles. The second-order valence-electron chi connectivity index (χ2n) is 4.63. The van der Waals surface area contributed by atoms with E-state index in [-0.39, 0.29) is 21.5 Å². The van der Waals surface area contributed by atoms with E-state index in [9.17, 15) is 10.2 Å². The zero-order chi connectivity index (χ0) is 15.6. The van der Waals surface area contributed by atoms with Crippen LogP contribution in [-0.4, -0.2) is 16.4 Å². The van der Waals surface area contributed by atoms with Crippen molar-refractivity contribution in [3.63, 3.8) is 0 Å². The topological polar surface area (TPSA) is 64.9 Å². The highest BCUT2D eigenvalue weighted by Crippen LogP contribution is 2.40. The third-order valence-electron chi connectivity index (χ3n) is 3.10. The van der Waals surface area contributed by atoms with Crippen LogP contribution in [0.15, 0.2) is 29.4 Å². The van der Waals surface area contributed by atoms with Crippen LogP contribution < -0.4 is 5.43 Å². The van der Waals surface area contributed by atoms with Gasteiger partial charge in [-0.1, -0.05) is 29.3 Å². The highest BCUT2D eigenvalue weighted by Gasteiger charge is 2.13. The molecule has 2 aromatic rings. The first-order valence-corrected chi connectivity index (χ1v) is 6.92. The van der Waals surface area contributed by atoms with Crippen LogP contribution >= 0.6 is 23.2 Å². The molecule has 0 atom stereocenters. The quantitative estimate of drug-likeness (QED) is 0.576. The molecule has 0 radical (unpaired) electrons. The predicted molar refractivity (Wildman–Crippen MR) is 86.9 cm³/mol. The predicted octanol–water partition coefficient (Wildman–Crippen LogP) is 4.47. The van der Waals surface area contributed by atoms with E-state index in [0.29, 0.717) is 5.56 Å². The molecule has 0 unspecified atom stereocenters. The van der Waals surface area contributed by atoms with Gasteiger partial charge in [-0.3, -0.25) is 5.43 Å². The van der Waals surface area contributed by atoms with Crippen LogP contribution in [0.5, 0.6) is 11.5 Å². The van der Waals surface area contributed by atoms with Crippen molar-refractivity contribution in [1.29, 1.82) is 0 Å². The summed E-state index contributed by atoms with van der Waals surface area (Å²) < 4.78 is 0. The van der Waals surface area contributed by atoms with Crippen LogP contribution in [0, 0.1) is 13.8 Å². The fourth-order valence-corrected chi connectivity index (χ4v) is 2.17. The van der Waals surface area contributed by atoms with Crippen molar-refractivity contribution in [2.75, 3.05) is 5.43 Å². The van der Waals surface area contributed by atoms with Crippen molar-refractivity contribution >= 4 is 35.1 Å². The number of hydrogen-bond acceptors (Lipinski definition) is 4. The van der Waals surface area contributed by atoms with Gasteiger partial charge in [0.05, 0.1) is 16.9 Å². The lowest BCUT2D eigenvalue weighted by atomic mass is 10.1. The Morgan fingerprint density at radius 2 is 1.76 bits per heavy atom. The molecule has 0 aromatic heterocycles. The number of nitrogens with zero attached hydrogens (tertiary/aromatic N) is 1. The Balaban J connectivity index is 2.20. The van der Waals surface area contributed by atoms with Gasteiger partial charge in [-0.15, -0.1) is 0 Å². The SMILES string of the molecule is Cc1ccc(NN=Cc2cc(Cl)c(O)c(Cl)c2O)cc1C. The zero-order valence-electron chi connectivity index (χ0n) is 11.5. The summed E-state index contributed by atoms with van der Waals surface area (Å²) in [5.41, 5.74) is 6.32. The molecule has 0 aliphatic rings.